The third-order valence-corrected chi connectivity index (χ3v) is 4.93. The number of benzene rings is 1. The Morgan fingerprint density at radius 2 is 2.17 bits per heavy atom. The molecule has 0 saturated heterocycles. The fourth-order valence-corrected chi connectivity index (χ4v) is 3.59. The Bertz CT molecular complexity index is 751. The van der Waals surface area contributed by atoms with Gasteiger partial charge in [0.05, 0.1) is 12.0 Å². The Morgan fingerprint density at radius 3 is 2.79 bits per heavy atom. The molecule has 0 spiro atoms. The maximum Gasteiger partial charge on any atom is 0.147 e. The summed E-state index contributed by atoms with van der Waals surface area (Å²) in [4.78, 5) is 5.30. The van der Waals surface area contributed by atoms with Gasteiger partial charge in [-0.2, -0.15) is 0 Å². The second-order valence-electron chi connectivity index (χ2n) is 6.33. The molecule has 0 aliphatic heterocycles. The van der Waals surface area contributed by atoms with E-state index in [1.54, 1.807) is 46.8 Å². The summed E-state index contributed by atoms with van der Waals surface area (Å²) in [5.74, 6) is 0.369. The third kappa shape index (κ3) is 4.10. The average molecular weight is 343 g/mol. The first kappa shape index (κ1) is 16.9. The Morgan fingerprint density at radius 1 is 1.29 bits per heavy atom. The lowest BCUT2D eigenvalue weighted by Crippen LogP contribution is -2.21. The number of rotatable bonds is 7. The standard InChI is InChI=1S/C19H22FN3S/c1-14(2)10-17(19-4-3-9-24-19)22-12-15-5-6-18(16(20)11-15)23-8-7-21-13-23/h3-9,11,13-14,17,22H,10,12H2,1-2H3. The van der Waals surface area contributed by atoms with Gasteiger partial charge in [0.25, 0.3) is 0 Å². The highest BCUT2D eigenvalue weighted by Crippen LogP contribution is 2.26. The predicted octanol–water partition coefficient (Wildman–Crippen LogP) is 4.95. The van der Waals surface area contributed by atoms with Crippen LogP contribution in [0.4, 0.5) is 4.39 Å². The lowest BCUT2D eigenvalue weighted by atomic mass is 10.0. The van der Waals surface area contributed by atoms with Crippen LogP contribution in [0.5, 0.6) is 0 Å². The molecule has 0 aliphatic rings. The number of hydrogen-bond donors (Lipinski definition) is 1. The second-order valence-corrected chi connectivity index (χ2v) is 7.31. The smallest absolute Gasteiger partial charge is 0.147 e. The molecule has 1 unspecified atom stereocenters. The highest BCUT2D eigenvalue weighted by molar-refractivity contribution is 7.10. The van der Waals surface area contributed by atoms with Crippen molar-refractivity contribution in [2.45, 2.75) is 32.9 Å². The monoisotopic (exact) mass is 343 g/mol. The molecule has 24 heavy (non-hydrogen) atoms. The first-order valence-corrected chi connectivity index (χ1v) is 9.05. The van der Waals surface area contributed by atoms with Gasteiger partial charge in [0.2, 0.25) is 0 Å². The molecule has 3 rings (SSSR count). The van der Waals surface area contributed by atoms with Gasteiger partial charge >= 0.3 is 0 Å². The molecule has 0 saturated carbocycles. The highest BCUT2D eigenvalue weighted by atomic mass is 32.1. The van der Waals surface area contributed by atoms with E-state index in [1.165, 1.54) is 4.88 Å². The number of halogens is 1. The minimum atomic E-state index is -0.233. The van der Waals surface area contributed by atoms with Crippen LogP contribution in [0.1, 0.15) is 36.8 Å². The quantitative estimate of drug-likeness (QED) is 0.658. The molecule has 5 heteroatoms. The molecule has 2 aromatic heterocycles. The van der Waals surface area contributed by atoms with Gasteiger partial charge in [-0.1, -0.05) is 26.0 Å². The summed E-state index contributed by atoms with van der Waals surface area (Å²) in [5.41, 5.74) is 1.47. The number of nitrogens with one attached hydrogen (secondary N) is 1. The van der Waals surface area contributed by atoms with Gasteiger partial charge in [-0.25, -0.2) is 9.37 Å². The summed E-state index contributed by atoms with van der Waals surface area (Å²) in [7, 11) is 0. The molecule has 2 heterocycles. The van der Waals surface area contributed by atoms with Crippen molar-refractivity contribution in [3.05, 3.63) is 70.7 Å². The van der Waals surface area contributed by atoms with E-state index in [9.17, 15) is 4.39 Å². The van der Waals surface area contributed by atoms with Crippen LogP contribution in [0, 0.1) is 11.7 Å². The van der Waals surface area contributed by atoms with Crippen LogP contribution in [0.2, 0.25) is 0 Å². The van der Waals surface area contributed by atoms with Crippen LogP contribution in [0.15, 0.2) is 54.4 Å². The lowest BCUT2D eigenvalue weighted by Gasteiger charge is -2.20. The molecule has 3 aromatic rings. The van der Waals surface area contributed by atoms with E-state index < -0.39 is 0 Å². The fourth-order valence-electron chi connectivity index (χ4n) is 2.77. The van der Waals surface area contributed by atoms with Crippen molar-refractivity contribution in [3.63, 3.8) is 0 Å². The average Bonchev–Trinajstić information content (AvgIpc) is 3.24. The van der Waals surface area contributed by atoms with Crippen molar-refractivity contribution in [1.29, 1.82) is 0 Å². The van der Waals surface area contributed by atoms with Crippen LogP contribution in [0.25, 0.3) is 5.69 Å². The molecule has 1 N–H and O–H groups in total. The molecule has 0 bridgehead atoms. The van der Waals surface area contributed by atoms with Crippen molar-refractivity contribution in [1.82, 2.24) is 14.9 Å². The normalized spacial score (nSPS) is 12.7. The summed E-state index contributed by atoms with van der Waals surface area (Å²) >= 11 is 1.77. The van der Waals surface area contributed by atoms with Crippen molar-refractivity contribution >= 4 is 11.3 Å². The molecule has 1 atom stereocenters. The molecule has 0 amide bonds. The van der Waals surface area contributed by atoms with Crippen molar-refractivity contribution in [3.8, 4) is 5.69 Å². The predicted molar refractivity (Wildman–Crippen MR) is 96.9 cm³/mol. The van der Waals surface area contributed by atoms with Gasteiger partial charge in [0.1, 0.15) is 5.82 Å². The second kappa shape index (κ2) is 7.73. The summed E-state index contributed by atoms with van der Waals surface area (Å²) in [6, 6.07) is 9.91. The van der Waals surface area contributed by atoms with Gasteiger partial charge in [0.15, 0.2) is 0 Å². The molecule has 0 aliphatic carbocycles. The first-order chi connectivity index (χ1) is 11.6. The van der Waals surface area contributed by atoms with Crippen LogP contribution < -0.4 is 5.32 Å². The number of nitrogens with zero attached hydrogens (tertiary/aromatic N) is 2. The molecule has 126 valence electrons. The number of aromatic nitrogens is 2. The minimum Gasteiger partial charge on any atom is -0.305 e. The largest absolute Gasteiger partial charge is 0.305 e. The Balaban J connectivity index is 1.70. The molecule has 0 radical (unpaired) electrons. The van der Waals surface area contributed by atoms with Gasteiger partial charge in [-0.3, -0.25) is 0 Å². The summed E-state index contributed by atoms with van der Waals surface area (Å²) in [5, 5.41) is 5.68. The summed E-state index contributed by atoms with van der Waals surface area (Å²) < 4.78 is 16.0. The fraction of sp³-hybridized carbons (Fsp3) is 0.316. The van der Waals surface area contributed by atoms with Gasteiger partial charge in [-0.15, -0.1) is 11.3 Å². The van der Waals surface area contributed by atoms with Crippen molar-refractivity contribution in [2.75, 3.05) is 0 Å². The van der Waals surface area contributed by atoms with E-state index in [-0.39, 0.29) is 5.82 Å². The Labute approximate surface area is 146 Å². The van der Waals surface area contributed by atoms with Crippen LogP contribution in [-0.4, -0.2) is 9.55 Å². The van der Waals surface area contributed by atoms with Gasteiger partial charge in [-0.05, 0) is 41.5 Å². The van der Waals surface area contributed by atoms with Crippen molar-refractivity contribution < 1.29 is 4.39 Å². The zero-order chi connectivity index (χ0) is 16.9. The van der Waals surface area contributed by atoms with Gasteiger partial charge in [0, 0.05) is 29.9 Å². The zero-order valence-corrected chi connectivity index (χ0v) is 14.8. The lowest BCUT2D eigenvalue weighted by molar-refractivity contribution is 0.433. The molecular weight excluding hydrogens is 321 g/mol. The first-order valence-electron chi connectivity index (χ1n) is 8.17. The van der Waals surface area contributed by atoms with E-state index in [1.807, 2.05) is 6.07 Å². The SMILES string of the molecule is CC(C)CC(NCc1ccc(-n2ccnc2)c(F)c1)c1cccs1. The third-order valence-electron chi connectivity index (χ3n) is 3.94. The zero-order valence-electron chi connectivity index (χ0n) is 13.9. The highest BCUT2D eigenvalue weighted by Gasteiger charge is 2.14. The maximum absolute atomic E-state index is 14.3. The van der Waals surface area contributed by atoms with E-state index in [0.29, 0.717) is 24.2 Å². The van der Waals surface area contributed by atoms with Crippen LogP contribution in [-0.2, 0) is 6.54 Å². The topological polar surface area (TPSA) is 29.9 Å². The summed E-state index contributed by atoms with van der Waals surface area (Å²) in [6.07, 6.45) is 6.06. The van der Waals surface area contributed by atoms with E-state index >= 15 is 0 Å². The van der Waals surface area contributed by atoms with Crippen LogP contribution in [0.3, 0.4) is 0 Å². The number of hydrogen-bond acceptors (Lipinski definition) is 3. The van der Waals surface area contributed by atoms with E-state index in [0.717, 1.165) is 12.0 Å². The summed E-state index contributed by atoms with van der Waals surface area (Å²) in [6.45, 7) is 5.10. The Kier molecular flexibility index (Phi) is 5.43. The maximum atomic E-state index is 14.3. The molecule has 3 nitrogen and oxygen atoms in total. The van der Waals surface area contributed by atoms with Crippen LogP contribution >= 0.6 is 11.3 Å². The Hall–Kier alpha value is -1.98. The molecular formula is C19H22FN3S. The van der Waals surface area contributed by atoms with Crippen molar-refractivity contribution in [2.24, 2.45) is 5.92 Å². The molecule has 1 aromatic carbocycles. The molecule has 0 fully saturated rings. The van der Waals surface area contributed by atoms with Gasteiger partial charge < -0.3 is 9.88 Å². The minimum absolute atomic E-state index is 0.233. The number of thiophene rings is 1. The van der Waals surface area contributed by atoms with E-state index in [4.69, 9.17) is 0 Å². The van der Waals surface area contributed by atoms with E-state index in [2.05, 4.69) is 41.7 Å². The number of imidazole rings is 1.